The molecule has 0 saturated carbocycles. The normalized spacial score (nSPS) is 13.2. The molecule has 212 valence electrons. The van der Waals surface area contributed by atoms with Gasteiger partial charge < -0.3 is 33.3 Å². The second-order valence-electron chi connectivity index (χ2n) is 10.3. The summed E-state index contributed by atoms with van der Waals surface area (Å²) >= 11 is 0. The molecule has 0 radical (unpaired) electrons. The van der Waals surface area contributed by atoms with Crippen LogP contribution in [0.5, 0.6) is 0 Å². The van der Waals surface area contributed by atoms with Gasteiger partial charge in [-0.2, -0.15) is 0 Å². The van der Waals surface area contributed by atoms with E-state index in [9.17, 15) is 19.5 Å². The van der Waals surface area contributed by atoms with Crippen molar-refractivity contribution >= 4 is 17.9 Å². The van der Waals surface area contributed by atoms with Crippen molar-refractivity contribution < 1.29 is 42.9 Å². The van der Waals surface area contributed by atoms with Crippen molar-refractivity contribution in [1.29, 1.82) is 0 Å². The van der Waals surface area contributed by atoms with Crippen molar-refractivity contribution in [1.82, 2.24) is 0 Å². The summed E-state index contributed by atoms with van der Waals surface area (Å²) in [5, 5.41) is 11.4. The lowest BCUT2D eigenvalue weighted by Gasteiger charge is -2.26. The molecule has 0 bridgehead atoms. The molecule has 0 aromatic carbocycles. The number of esters is 2. The van der Waals surface area contributed by atoms with Gasteiger partial charge in [-0.05, 0) is 12.8 Å². The van der Waals surface area contributed by atoms with Crippen LogP contribution in [0.15, 0.2) is 0 Å². The van der Waals surface area contributed by atoms with E-state index in [-0.39, 0.29) is 32.2 Å². The highest BCUT2D eigenvalue weighted by molar-refractivity contribution is 5.70. The third kappa shape index (κ3) is 21.6. The molecular formula is C27H51NO8. The van der Waals surface area contributed by atoms with Gasteiger partial charge in [0.1, 0.15) is 13.2 Å². The van der Waals surface area contributed by atoms with Gasteiger partial charge in [0, 0.05) is 12.8 Å². The number of hydrogen-bond acceptors (Lipinski definition) is 8. The van der Waals surface area contributed by atoms with E-state index in [2.05, 4.69) is 13.8 Å². The average Bonchev–Trinajstić information content (AvgIpc) is 2.80. The second kappa shape index (κ2) is 21.4. The topological polar surface area (TPSA) is 111 Å². The summed E-state index contributed by atoms with van der Waals surface area (Å²) in [4.78, 5) is 35.9. The fraction of sp³-hybridized carbons (Fsp3) is 0.889. The zero-order valence-electron chi connectivity index (χ0n) is 23.4. The number of likely N-dealkylation sites (N-methyl/N-ethyl adjacent to an activating group) is 1. The van der Waals surface area contributed by atoms with Crippen molar-refractivity contribution in [2.24, 2.45) is 0 Å². The second-order valence-corrected chi connectivity index (χ2v) is 10.3. The smallest absolute Gasteiger partial charge is 0.306 e. The Morgan fingerprint density at radius 2 is 1.25 bits per heavy atom. The lowest BCUT2D eigenvalue weighted by molar-refractivity contribution is -0.870. The van der Waals surface area contributed by atoms with Gasteiger partial charge in [0.05, 0.1) is 40.3 Å². The first kappa shape index (κ1) is 34.3. The first-order valence-electron chi connectivity index (χ1n) is 13.7. The van der Waals surface area contributed by atoms with E-state index in [1.54, 1.807) is 0 Å². The molecule has 9 heteroatoms. The molecule has 0 aromatic heterocycles. The van der Waals surface area contributed by atoms with Crippen LogP contribution in [0.1, 0.15) is 97.3 Å². The van der Waals surface area contributed by atoms with E-state index in [0.29, 0.717) is 23.9 Å². The maximum absolute atomic E-state index is 12.3. The molecule has 0 N–H and O–H groups in total. The number of nitrogens with zero attached hydrogens (tertiary/aromatic N) is 1. The van der Waals surface area contributed by atoms with Crippen LogP contribution in [0.25, 0.3) is 0 Å². The molecule has 0 heterocycles. The third-order valence-corrected chi connectivity index (χ3v) is 5.60. The number of carboxylic acids is 1. The number of unbranched alkanes of at least 4 members (excludes halogenated alkanes) is 9. The molecule has 0 amide bonds. The Bertz CT molecular complexity index is 591. The van der Waals surface area contributed by atoms with Crippen LogP contribution in [-0.2, 0) is 33.3 Å². The SMILES string of the molecule is CCCCCCCCC(=O)OC(COC(=O)CCCCCCC)COC(OCC[N+](C)(C)C)C(=O)[O-]. The van der Waals surface area contributed by atoms with Gasteiger partial charge in [0.25, 0.3) is 0 Å². The molecular weight excluding hydrogens is 466 g/mol. The molecule has 0 saturated heterocycles. The van der Waals surface area contributed by atoms with Crippen LogP contribution in [0.4, 0.5) is 0 Å². The van der Waals surface area contributed by atoms with Crippen LogP contribution >= 0.6 is 0 Å². The highest BCUT2D eigenvalue weighted by atomic mass is 16.7. The van der Waals surface area contributed by atoms with Gasteiger partial charge in [-0.25, -0.2) is 0 Å². The lowest BCUT2D eigenvalue weighted by Crippen LogP contribution is -2.44. The molecule has 9 nitrogen and oxygen atoms in total. The average molecular weight is 518 g/mol. The minimum absolute atomic E-state index is 0.150. The van der Waals surface area contributed by atoms with Gasteiger partial charge in [-0.3, -0.25) is 9.59 Å². The van der Waals surface area contributed by atoms with Crippen molar-refractivity contribution in [3.05, 3.63) is 0 Å². The minimum Gasteiger partial charge on any atom is -0.545 e. The zero-order chi connectivity index (χ0) is 27.2. The van der Waals surface area contributed by atoms with Crippen LogP contribution in [-0.4, -0.2) is 82.3 Å². The number of carbonyl (C=O) groups is 3. The number of quaternary nitrogens is 1. The van der Waals surface area contributed by atoms with Crippen LogP contribution < -0.4 is 5.11 Å². The third-order valence-electron chi connectivity index (χ3n) is 5.60. The molecule has 0 aliphatic carbocycles. The van der Waals surface area contributed by atoms with E-state index in [1.165, 1.54) is 6.42 Å². The number of ether oxygens (including phenoxy) is 4. The Hall–Kier alpha value is -1.71. The van der Waals surface area contributed by atoms with Gasteiger partial charge in [-0.1, -0.05) is 71.6 Å². The van der Waals surface area contributed by atoms with Gasteiger partial charge in [0.15, 0.2) is 12.4 Å². The molecule has 0 rings (SSSR count). The van der Waals surface area contributed by atoms with Gasteiger partial charge in [0.2, 0.25) is 0 Å². The first-order chi connectivity index (χ1) is 17.1. The molecule has 0 aromatic rings. The number of hydrogen-bond donors (Lipinski definition) is 0. The Morgan fingerprint density at radius 3 is 1.78 bits per heavy atom. The molecule has 2 atom stereocenters. The monoisotopic (exact) mass is 517 g/mol. The summed E-state index contributed by atoms with van der Waals surface area (Å²) < 4.78 is 22.0. The van der Waals surface area contributed by atoms with Crippen LogP contribution in [0, 0.1) is 0 Å². The van der Waals surface area contributed by atoms with Crippen LogP contribution in [0.3, 0.4) is 0 Å². The fourth-order valence-electron chi connectivity index (χ4n) is 3.35. The van der Waals surface area contributed by atoms with E-state index in [0.717, 1.165) is 57.8 Å². The predicted octanol–water partition coefficient (Wildman–Crippen LogP) is 3.37. The molecule has 0 aliphatic rings. The summed E-state index contributed by atoms with van der Waals surface area (Å²) in [6.07, 6.45) is 9.27. The number of carbonyl (C=O) groups excluding carboxylic acids is 3. The molecule has 0 fully saturated rings. The van der Waals surface area contributed by atoms with Crippen LogP contribution in [0.2, 0.25) is 0 Å². The lowest BCUT2D eigenvalue weighted by atomic mass is 10.1. The highest BCUT2D eigenvalue weighted by Crippen LogP contribution is 2.10. The van der Waals surface area contributed by atoms with E-state index in [4.69, 9.17) is 18.9 Å². The largest absolute Gasteiger partial charge is 0.545 e. The van der Waals surface area contributed by atoms with Gasteiger partial charge in [-0.15, -0.1) is 0 Å². The van der Waals surface area contributed by atoms with Gasteiger partial charge >= 0.3 is 11.9 Å². The summed E-state index contributed by atoms with van der Waals surface area (Å²) in [6, 6.07) is 0. The van der Waals surface area contributed by atoms with Crippen molar-refractivity contribution in [3.63, 3.8) is 0 Å². The number of carboxylic acid groups (broad SMARTS) is 1. The Kier molecular flexibility index (Phi) is 20.4. The minimum atomic E-state index is -1.61. The highest BCUT2D eigenvalue weighted by Gasteiger charge is 2.21. The van der Waals surface area contributed by atoms with Crippen molar-refractivity contribution in [2.45, 2.75) is 110 Å². The van der Waals surface area contributed by atoms with Crippen molar-refractivity contribution in [3.8, 4) is 0 Å². The van der Waals surface area contributed by atoms with E-state index in [1.807, 2.05) is 21.1 Å². The summed E-state index contributed by atoms with van der Waals surface area (Å²) in [6.45, 7) is 4.52. The number of aliphatic carboxylic acids is 1. The Labute approximate surface area is 218 Å². The fourth-order valence-corrected chi connectivity index (χ4v) is 3.35. The van der Waals surface area contributed by atoms with E-state index < -0.39 is 24.3 Å². The van der Waals surface area contributed by atoms with Crippen molar-refractivity contribution in [2.75, 3.05) is 47.5 Å². The maximum Gasteiger partial charge on any atom is 0.306 e. The summed E-state index contributed by atoms with van der Waals surface area (Å²) in [5.41, 5.74) is 0. The predicted molar refractivity (Wildman–Crippen MR) is 136 cm³/mol. The maximum atomic E-state index is 12.3. The molecule has 36 heavy (non-hydrogen) atoms. The zero-order valence-corrected chi connectivity index (χ0v) is 23.4. The Balaban J connectivity index is 4.72. The Morgan fingerprint density at radius 1 is 0.722 bits per heavy atom. The summed E-state index contributed by atoms with van der Waals surface area (Å²) in [5.74, 6) is -2.32. The number of rotatable bonds is 24. The standard InChI is InChI=1S/C27H51NO8/c1-6-8-10-12-14-16-18-25(30)36-23(21-34-24(29)17-15-13-11-9-7-2)22-35-27(26(31)32)33-20-19-28(3,4)5/h23,27H,6-22H2,1-5H3. The first-order valence-corrected chi connectivity index (χ1v) is 13.7. The molecule has 0 aliphatic heterocycles. The van der Waals surface area contributed by atoms with E-state index >= 15 is 0 Å². The molecule has 0 spiro atoms. The molecule has 2 unspecified atom stereocenters. The summed E-state index contributed by atoms with van der Waals surface area (Å²) in [7, 11) is 5.86. The quantitative estimate of drug-likeness (QED) is 0.0829.